The van der Waals surface area contributed by atoms with Gasteiger partial charge in [0.25, 0.3) is 0 Å². The maximum atomic E-state index is 4.21. The Balaban J connectivity index is 3.92. The molecule has 1 nitrogen and oxygen atoms in total. The summed E-state index contributed by atoms with van der Waals surface area (Å²) < 4.78 is 0. The first-order valence-electron chi connectivity index (χ1n) is 11.9. The SMILES string of the molecule is C=CC(CCCCCCCCCC)(CCCCCCCCCC)N(C)C. The standard InChI is InChI=1S/C25H51N/c1-6-9-11-13-15-17-19-21-23-25(8-3,26(4)5)24-22-20-18-16-14-12-10-7-2/h8H,3,6-7,9-24H2,1-2,4-5H3. The van der Waals surface area contributed by atoms with E-state index in [4.69, 9.17) is 0 Å². The van der Waals surface area contributed by atoms with E-state index in [1.54, 1.807) is 0 Å². The predicted molar refractivity (Wildman–Crippen MR) is 121 cm³/mol. The van der Waals surface area contributed by atoms with E-state index in [-0.39, 0.29) is 5.54 Å². The zero-order chi connectivity index (χ0) is 19.5. The van der Waals surface area contributed by atoms with Gasteiger partial charge in [-0.2, -0.15) is 0 Å². The van der Waals surface area contributed by atoms with Crippen LogP contribution in [0.25, 0.3) is 0 Å². The minimum absolute atomic E-state index is 0.227. The zero-order valence-corrected chi connectivity index (χ0v) is 19.0. The van der Waals surface area contributed by atoms with Gasteiger partial charge in [-0.3, -0.25) is 0 Å². The minimum atomic E-state index is 0.227. The van der Waals surface area contributed by atoms with Crippen molar-refractivity contribution in [1.82, 2.24) is 4.90 Å². The Morgan fingerprint density at radius 3 is 1.15 bits per heavy atom. The predicted octanol–water partition coefficient (Wildman–Crippen LogP) is 8.53. The molecule has 0 aliphatic heterocycles. The van der Waals surface area contributed by atoms with Crippen molar-refractivity contribution in [3.8, 4) is 0 Å². The number of nitrogens with zero attached hydrogens (tertiary/aromatic N) is 1. The van der Waals surface area contributed by atoms with Crippen LogP contribution in [0.1, 0.15) is 129 Å². The Bertz CT molecular complexity index is 275. The Hall–Kier alpha value is -0.300. The van der Waals surface area contributed by atoms with Crippen LogP contribution in [0.15, 0.2) is 12.7 Å². The molecule has 0 fully saturated rings. The van der Waals surface area contributed by atoms with Crippen LogP contribution in [0, 0.1) is 0 Å². The largest absolute Gasteiger partial charge is 0.300 e. The lowest BCUT2D eigenvalue weighted by Crippen LogP contribution is -2.42. The Labute approximate surface area is 167 Å². The van der Waals surface area contributed by atoms with Crippen molar-refractivity contribution in [1.29, 1.82) is 0 Å². The number of hydrogen-bond donors (Lipinski definition) is 0. The van der Waals surface area contributed by atoms with Gasteiger partial charge in [0.2, 0.25) is 0 Å². The van der Waals surface area contributed by atoms with E-state index >= 15 is 0 Å². The van der Waals surface area contributed by atoms with E-state index in [1.165, 1.54) is 116 Å². The molecule has 0 spiro atoms. The summed E-state index contributed by atoms with van der Waals surface area (Å²) in [6.07, 6.45) is 27.3. The number of unbranched alkanes of at least 4 members (excludes halogenated alkanes) is 14. The molecule has 1 heteroatoms. The summed E-state index contributed by atoms with van der Waals surface area (Å²) in [5.41, 5.74) is 0.227. The molecule has 0 aromatic heterocycles. The highest BCUT2D eigenvalue weighted by Gasteiger charge is 2.27. The molecule has 0 radical (unpaired) electrons. The van der Waals surface area contributed by atoms with E-state index < -0.39 is 0 Å². The Morgan fingerprint density at radius 1 is 0.577 bits per heavy atom. The molecule has 0 amide bonds. The van der Waals surface area contributed by atoms with Crippen molar-refractivity contribution in [2.24, 2.45) is 0 Å². The highest BCUT2D eigenvalue weighted by molar-refractivity contribution is 5.02. The summed E-state index contributed by atoms with van der Waals surface area (Å²) in [5, 5.41) is 0. The highest BCUT2D eigenvalue weighted by Crippen LogP contribution is 2.29. The van der Waals surface area contributed by atoms with Gasteiger partial charge in [-0.15, -0.1) is 6.58 Å². The van der Waals surface area contributed by atoms with Gasteiger partial charge in [-0.25, -0.2) is 0 Å². The average molecular weight is 366 g/mol. The van der Waals surface area contributed by atoms with E-state index in [1.807, 2.05) is 0 Å². The van der Waals surface area contributed by atoms with Crippen molar-refractivity contribution < 1.29 is 0 Å². The van der Waals surface area contributed by atoms with E-state index in [0.29, 0.717) is 0 Å². The molecule has 0 bridgehead atoms. The van der Waals surface area contributed by atoms with Gasteiger partial charge < -0.3 is 4.90 Å². The molecule has 0 saturated heterocycles. The van der Waals surface area contributed by atoms with Gasteiger partial charge >= 0.3 is 0 Å². The van der Waals surface area contributed by atoms with Crippen LogP contribution in [0.5, 0.6) is 0 Å². The van der Waals surface area contributed by atoms with Crippen molar-refractivity contribution >= 4 is 0 Å². The van der Waals surface area contributed by atoms with Gasteiger partial charge in [0.15, 0.2) is 0 Å². The van der Waals surface area contributed by atoms with Gasteiger partial charge in [0.1, 0.15) is 0 Å². The maximum absolute atomic E-state index is 4.21. The monoisotopic (exact) mass is 365 g/mol. The fourth-order valence-corrected chi connectivity index (χ4v) is 4.09. The fourth-order valence-electron chi connectivity index (χ4n) is 4.09. The lowest BCUT2D eigenvalue weighted by molar-refractivity contribution is 0.171. The van der Waals surface area contributed by atoms with Gasteiger partial charge in [-0.1, -0.05) is 123 Å². The maximum Gasteiger partial charge on any atom is 0.0382 e. The zero-order valence-electron chi connectivity index (χ0n) is 19.0. The third kappa shape index (κ3) is 13.0. The quantitative estimate of drug-likeness (QED) is 0.154. The summed E-state index contributed by atoms with van der Waals surface area (Å²) in [7, 11) is 4.49. The molecule has 0 unspecified atom stereocenters. The smallest absolute Gasteiger partial charge is 0.0382 e. The molecular formula is C25H51N. The second-order valence-electron chi connectivity index (χ2n) is 8.65. The fraction of sp³-hybridized carbons (Fsp3) is 0.920. The van der Waals surface area contributed by atoms with Crippen LogP contribution >= 0.6 is 0 Å². The van der Waals surface area contributed by atoms with Crippen LogP contribution in [0.2, 0.25) is 0 Å². The molecule has 0 rings (SSSR count). The third-order valence-electron chi connectivity index (χ3n) is 6.20. The first-order chi connectivity index (χ1) is 12.6. The number of likely N-dealkylation sites (N-methyl/N-ethyl adjacent to an activating group) is 1. The third-order valence-corrected chi connectivity index (χ3v) is 6.20. The van der Waals surface area contributed by atoms with Crippen LogP contribution < -0.4 is 0 Å². The molecule has 0 aromatic rings. The van der Waals surface area contributed by atoms with Crippen molar-refractivity contribution in [2.45, 2.75) is 135 Å². The van der Waals surface area contributed by atoms with E-state index in [0.717, 1.165) is 0 Å². The molecule has 26 heavy (non-hydrogen) atoms. The molecule has 0 saturated carbocycles. The summed E-state index contributed by atoms with van der Waals surface area (Å²) in [6.45, 7) is 8.80. The second-order valence-corrected chi connectivity index (χ2v) is 8.65. The molecule has 0 atom stereocenters. The molecule has 0 N–H and O–H groups in total. The normalized spacial score (nSPS) is 12.0. The first kappa shape index (κ1) is 25.7. The number of hydrogen-bond acceptors (Lipinski definition) is 1. The summed E-state index contributed by atoms with van der Waals surface area (Å²) in [4.78, 5) is 2.43. The van der Waals surface area contributed by atoms with Crippen LogP contribution in [0.3, 0.4) is 0 Å². The highest BCUT2D eigenvalue weighted by atomic mass is 15.1. The van der Waals surface area contributed by atoms with E-state index in [2.05, 4.69) is 45.5 Å². The molecule has 0 aromatic carbocycles. The van der Waals surface area contributed by atoms with Crippen LogP contribution in [-0.2, 0) is 0 Å². The molecule has 0 aliphatic carbocycles. The van der Waals surface area contributed by atoms with Crippen LogP contribution in [-0.4, -0.2) is 24.5 Å². The van der Waals surface area contributed by atoms with E-state index in [9.17, 15) is 0 Å². The Morgan fingerprint density at radius 2 is 0.885 bits per heavy atom. The molecular weight excluding hydrogens is 314 g/mol. The second kappa shape index (κ2) is 18.1. The van der Waals surface area contributed by atoms with Gasteiger partial charge in [-0.05, 0) is 26.9 Å². The summed E-state index contributed by atoms with van der Waals surface area (Å²) in [6, 6.07) is 0. The minimum Gasteiger partial charge on any atom is -0.300 e. The van der Waals surface area contributed by atoms with Crippen molar-refractivity contribution in [2.75, 3.05) is 14.1 Å². The lowest BCUT2D eigenvalue weighted by atomic mass is 9.85. The lowest BCUT2D eigenvalue weighted by Gasteiger charge is -2.38. The first-order valence-corrected chi connectivity index (χ1v) is 11.9. The molecule has 156 valence electrons. The topological polar surface area (TPSA) is 3.24 Å². The van der Waals surface area contributed by atoms with Crippen LogP contribution in [0.4, 0.5) is 0 Å². The van der Waals surface area contributed by atoms with Crippen molar-refractivity contribution in [3.63, 3.8) is 0 Å². The van der Waals surface area contributed by atoms with Crippen molar-refractivity contribution in [3.05, 3.63) is 12.7 Å². The van der Waals surface area contributed by atoms with Gasteiger partial charge in [0, 0.05) is 5.54 Å². The summed E-state index contributed by atoms with van der Waals surface area (Å²) in [5.74, 6) is 0. The summed E-state index contributed by atoms with van der Waals surface area (Å²) >= 11 is 0. The average Bonchev–Trinajstić information content (AvgIpc) is 2.64. The van der Waals surface area contributed by atoms with Gasteiger partial charge in [0.05, 0.1) is 0 Å². The Kier molecular flexibility index (Phi) is 17.9. The molecule has 0 aliphatic rings. The molecule has 0 heterocycles. The number of rotatable bonds is 20.